The van der Waals surface area contributed by atoms with Crippen LogP contribution in [-0.4, -0.2) is 64.5 Å². The molecular weight excluding hydrogens is 440 g/mol. The van der Waals surface area contributed by atoms with Crippen LogP contribution in [0.15, 0.2) is 0 Å². The van der Waals surface area contributed by atoms with Crippen molar-refractivity contribution in [1.29, 1.82) is 0 Å². The van der Waals surface area contributed by atoms with Crippen molar-refractivity contribution in [3.05, 3.63) is 0 Å². The van der Waals surface area contributed by atoms with Gasteiger partial charge in [-0.05, 0) is 81.8 Å². The number of ether oxygens (including phenoxy) is 4. The summed E-state index contributed by atoms with van der Waals surface area (Å²) in [5.74, 6) is 0.760. The first-order chi connectivity index (χ1) is 15.4. The second kappa shape index (κ2) is 10.6. The molecule has 0 spiro atoms. The van der Waals surface area contributed by atoms with Crippen LogP contribution in [0.3, 0.4) is 0 Å². The summed E-state index contributed by atoms with van der Waals surface area (Å²) in [5.41, 5.74) is -1.11. The average molecular weight is 487 g/mol. The number of aliphatic hydroxyl groups excluding tert-OH is 1. The molecule has 1 saturated heterocycles. The van der Waals surface area contributed by atoms with Crippen LogP contribution in [0.5, 0.6) is 0 Å². The second-order valence-electron chi connectivity index (χ2n) is 12.0. The van der Waals surface area contributed by atoms with E-state index < -0.39 is 26.0 Å². The Labute approximate surface area is 201 Å². The van der Waals surface area contributed by atoms with E-state index >= 15 is 0 Å². The number of carbonyl (C=O) groups excluding carboxylic acids is 1. The van der Waals surface area contributed by atoms with Crippen LogP contribution in [-0.2, 0) is 28.2 Å². The number of rotatable bonds is 11. The monoisotopic (exact) mass is 486 g/mol. The third-order valence-electron chi connectivity index (χ3n) is 8.50. The van der Waals surface area contributed by atoms with Gasteiger partial charge in [-0.1, -0.05) is 20.3 Å². The highest BCUT2D eigenvalue weighted by molar-refractivity contribution is 6.69. The first-order valence-electron chi connectivity index (χ1n) is 12.7. The van der Waals surface area contributed by atoms with Crippen molar-refractivity contribution in [3.63, 3.8) is 0 Å². The van der Waals surface area contributed by atoms with Crippen LogP contribution >= 0.6 is 0 Å². The minimum Gasteiger partial charge on any atom is -0.436 e. The summed E-state index contributed by atoms with van der Waals surface area (Å²) in [6, 6.07) is 0. The SMILES string of the molecule is COCOCC(C[C@@H](C)[C@H]1CCC2[C@@H](O[Si](C)(C)C)CCC[C@@]21C)C(O)[C@]1(C)OCOC1=O. The quantitative estimate of drug-likeness (QED) is 0.201. The number of carbonyl (C=O) groups is 1. The molecular formula is C25H46O7Si. The molecule has 0 bridgehead atoms. The van der Waals surface area contributed by atoms with E-state index in [1.54, 1.807) is 14.0 Å². The van der Waals surface area contributed by atoms with Gasteiger partial charge in [0.15, 0.2) is 20.7 Å². The maximum atomic E-state index is 12.3. The fourth-order valence-corrected chi connectivity index (χ4v) is 8.16. The molecule has 3 aliphatic rings. The first-order valence-corrected chi connectivity index (χ1v) is 16.1. The van der Waals surface area contributed by atoms with Gasteiger partial charge >= 0.3 is 5.97 Å². The average Bonchev–Trinajstić information content (AvgIpc) is 3.26. The van der Waals surface area contributed by atoms with E-state index in [4.69, 9.17) is 23.4 Å². The molecule has 0 aromatic rings. The largest absolute Gasteiger partial charge is 0.436 e. The van der Waals surface area contributed by atoms with Gasteiger partial charge in [0.25, 0.3) is 0 Å². The fraction of sp³-hybridized carbons (Fsp3) is 0.960. The highest BCUT2D eigenvalue weighted by atomic mass is 28.4. The summed E-state index contributed by atoms with van der Waals surface area (Å²) in [7, 11) is -0.0179. The molecule has 1 heterocycles. The summed E-state index contributed by atoms with van der Waals surface area (Å²) in [6.45, 7) is 13.6. The molecule has 0 radical (unpaired) electrons. The summed E-state index contributed by atoms with van der Waals surface area (Å²) in [5, 5.41) is 11.2. The van der Waals surface area contributed by atoms with Crippen molar-refractivity contribution in [2.75, 3.05) is 27.3 Å². The Morgan fingerprint density at radius 2 is 1.94 bits per heavy atom. The van der Waals surface area contributed by atoms with Gasteiger partial charge in [-0.2, -0.15) is 0 Å². The van der Waals surface area contributed by atoms with Gasteiger partial charge in [-0.3, -0.25) is 0 Å². The van der Waals surface area contributed by atoms with E-state index in [9.17, 15) is 9.90 Å². The topological polar surface area (TPSA) is 83.5 Å². The summed E-state index contributed by atoms with van der Waals surface area (Å²) < 4.78 is 27.9. The molecule has 192 valence electrons. The summed E-state index contributed by atoms with van der Waals surface area (Å²) in [4.78, 5) is 12.3. The van der Waals surface area contributed by atoms with Crippen LogP contribution in [0.25, 0.3) is 0 Å². The van der Waals surface area contributed by atoms with Crippen molar-refractivity contribution in [1.82, 2.24) is 0 Å². The van der Waals surface area contributed by atoms with Gasteiger partial charge in [0.2, 0.25) is 0 Å². The van der Waals surface area contributed by atoms with Crippen LogP contribution in [0, 0.1) is 29.1 Å². The van der Waals surface area contributed by atoms with E-state index in [-0.39, 0.29) is 24.9 Å². The molecule has 2 aliphatic carbocycles. The summed E-state index contributed by atoms with van der Waals surface area (Å²) in [6.07, 6.45) is 6.14. The molecule has 0 aromatic heterocycles. The minimum absolute atomic E-state index is 0.117. The maximum absolute atomic E-state index is 12.3. The molecule has 3 unspecified atom stereocenters. The van der Waals surface area contributed by atoms with Crippen LogP contribution in [0.4, 0.5) is 0 Å². The predicted molar refractivity (Wildman–Crippen MR) is 128 cm³/mol. The van der Waals surface area contributed by atoms with Crippen LogP contribution in [0.1, 0.15) is 59.3 Å². The zero-order valence-corrected chi connectivity index (χ0v) is 22.7. The number of esters is 1. The molecule has 8 heteroatoms. The van der Waals surface area contributed by atoms with E-state index in [1.807, 2.05) is 0 Å². The van der Waals surface area contributed by atoms with Crippen LogP contribution in [0.2, 0.25) is 19.6 Å². The number of fused-ring (bicyclic) bond motifs is 1. The molecule has 1 aliphatic heterocycles. The molecule has 7 nitrogen and oxygen atoms in total. The standard InChI is InChI=1S/C25H46O7Si/c1-17(13-18(14-29-15-28-4)22(26)25(3)23(27)30-16-31-25)19-10-11-20-21(32-33(5,6)7)9-8-12-24(19,20)2/h17-22,26H,8-16H2,1-7H3/t17-,18?,19-,20?,21+,22?,24-,25+/m1/s1. The molecule has 8 atom stereocenters. The smallest absolute Gasteiger partial charge is 0.343 e. The van der Waals surface area contributed by atoms with Crippen molar-refractivity contribution < 1.29 is 33.3 Å². The van der Waals surface area contributed by atoms with E-state index in [2.05, 4.69) is 33.5 Å². The summed E-state index contributed by atoms with van der Waals surface area (Å²) >= 11 is 0. The minimum atomic E-state index is -1.60. The van der Waals surface area contributed by atoms with Crippen molar-refractivity contribution in [3.8, 4) is 0 Å². The lowest BCUT2D eigenvalue weighted by atomic mass is 9.61. The lowest BCUT2D eigenvalue weighted by molar-refractivity contribution is -0.158. The van der Waals surface area contributed by atoms with Gasteiger partial charge in [0.1, 0.15) is 6.79 Å². The van der Waals surface area contributed by atoms with Gasteiger partial charge in [-0.15, -0.1) is 0 Å². The molecule has 0 aromatic carbocycles. The zero-order valence-electron chi connectivity index (χ0n) is 21.7. The Morgan fingerprint density at radius 3 is 2.55 bits per heavy atom. The third-order valence-corrected chi connectivity index (χ3v) is 9.51. The molecule has 2 saturated carbocycles. The number of cyclic esters (lactones) is 1. The molecule has 3 fully saturated rings. The van der Waals surface area contributed by atoms with E-state index in [1.165, 1.54) is 32.1 Å². The van der Waals surface area contributed by atoms with Gasteiger partial charge in [0.05, 0.1) is 12.7 Å². The Balaban J connectivity index is 1.73. The molecule has 3 rings (SSSR count). The molecule has 33 heavy (non-hydrogen) atoms. The second-order valence-corrected chi connectivity index (χ2v) is 16.4. The Kier molecular flexibility index (Phi) is 8.72. The Hall–Kier alpha value is -0.513. The zero-order chi connectivity index (χ0) is 24.4. The van der Waals surface area contributed by atoms with Crippen LogP contribution < -0.4 is 0 Å². The molecule has 1 N–H and O–H groups in total. The van der Waals surface area contributed by atoms with E-state index in [0.717, 1.165) is 6.42 Å². The van der Waals surface area contributed by atoms with E-state index in [0.29, 0.717) is 30.5 Å². The Morgan fingerprint density at radius 1 is 1.21 bits per heavy atom. The van der Waals surface area contributed by atoms with Crippen molar-refractivity contribution in [2.24, 2.45) is 29.1 Å². The van der Waals surface area contributed by atoms with Crippen molar-refractivity contribution in [2.45, 2.75) is 96.7 Å². The highest BCUT2D eigenvalue weighted by Gasteiger charge is 2.55. The van der Waals surface area contributed by atoms with Gasteiger partial charge in [0, 0.05) is 19.1 Å². The molecule has 0 amide bonds. The van der Waals surface area contributed by atoms with Gasteiger partial charge in [-0.25, -0.2) is 4.79 Å². The maximum Gasteiger partial charge on any atom is 0.343 e. The number of hydrogen-bond donors (Lipinski definition) is 1. The first kappa shape index (κ1) is 27.1. The van der Waals surface area contributed by atoms with Crippen molar-refractivity contribution >= 4 is 14.3 Å². The fourth-order valence-electron chi connectivity index (χ4n) is 6.97. The highest BCUT2D eigenvalue weighted by Crippen LogP contribution is 2.59. The lowest BCUT2D eigenvalue weighted by Gasteiger charge is -2.48. The Bertz CT molecular complexity index is 668. The number of hydrogen-bond acceptors (Lipinski definition) is 7. The predicted octanol–water partition coefficient (Wildman–Crippen LogP) is 4.34. The third kappa shape index (κ3) is 5.84. The van der Waals surface area contributed by atoms with Gasteiger partial charge < -0.3 is 28.5 Å². The number of methoxy groups -OCH3 is 1. The number of aliphatic hydroxyl groups is 1. The lowest BCUT2D eigenvalue weighted by Crippen LogP contribution is -2.51. The normalized spacial score (nSPS) is 37.5.